The van der Waals surface area contributed by atoms with Crippen molar-refractivity contribution in [2.24, 2.45) is 5.10 Å². The smallest absolute Gasteiger partial charge is 0.278 e. The highest BCUT2D eigenvalue weighted by molar-refractivity contribution is 5.85. The largest absolute Gasteiger partial charge is 0.279 e. The number of nitro benzene ring substituents is 1. The van der Waals surface area contributed by atoms with Gasteiger partial charge in [0.15, 0.2) is 0 Å². The average Bonchev–Trinajstić information content (AvgIpc) is 2.41. The Kier molecular flexibility index (Phi) is 3.87. The van der Waals surface area contributed by atoms with Crippen molar-refractivity contribution < 1.29 is 4.92 Å². The second kappa shape index (κ2) is 5.77. The van der Waals surface area contributed by atoms with E-state index in [2.05, 4.69) is 10.5 Å². The normalized spacial score (nSPS) is 10.6. The summed E-state index contributed by atoms with van der Waals surface area (Å²) in [6.45, 7) is 2.00. The summed E-state index contributed by atoms with van der Waals surface area (Å²) in [6.07, 6.45) is 1.44. The second-order valence-corrected chi connectivity index (χ2v) is 4.05. The molecule has 0 saturated carbocycles. The Morgan fingerprint density at radius 3 is 2.53 bits per heavy atom. The van der Waals surface area contributed by atoms with Gasteiger partial charge in [-0.15, -0.1) is 0 Å². The van der Waals surface area contributed by atoms with Crippen LogP contribution in [-0.2, 0) is 0 Å². The molecule has 2 rings (SSSR count). The van der Waals surface area contributed by atoms with Gasteiger partial charge in [-0.05, 0) is 25.1 Å². The highest BCUT2D eigenvalue weighted by Gasteiger charge is 2.09. The van der Waals surface area contributed by atoms with E-state index < -0.39 is 4.92 Å². The van der Waals surface area contributed by atoms with Crippen LogP contribution >= 0.6 is 0 Å². The molecule has 5 nitrogen and oxygen atoms in total. The lowest BCUT2D eigenvalue weighted by molar-refractivity contribution is -0.385. The average molecular weight is 255 g/mol. The quantitative estimate of drug-likeness (QED) is 0.517. The maximum Gasteiger partial charge on any atom is 0.278 e. The molecular formula is C14H13N3O2. The third-order valence-corrected chi connectivity index (χ3v) is 2.58. The minimum absolute atomic E-state index is 0.0388. The van der Waals surface area contributed by atoms with Crippen molar-refractivity contribution in [3.63, 3.8) is 0 Å². The zero-order valence-electron chi connectivity index (χ0n) is 10.4. The molecule has 5 heteroatoms. The second-order valence-electron chi connectivity index (χ2n) is 4.05. The number of nitrogens with zero attached hydrogens (tertiary/aromatic N) is 2. The van der Waals surface area contributed by atoms with Crippen LogP contribution in [0.15, 0.2) is 53.6 Å². The lowest BCUT2D eigenvalue weighted by atomic mass is 10.2. The number of aryl methyl sites for hydroxylation is 1. The van der Waals surface area contributed by atoms with Gasteiger partial charge < -0.3 is 0 Å². The van der Waals surface area contributed by atoms with E-state index in [4.69, 9.17) is 0 Å². The van der Waals surface area contributed by atoms with Gasteiger partial charge in [-0.3, -0.25) is 15.5 Å². The Morgan fingerprint density at radius 1 is 1.16 bits per heavy atom. The molecule has 2 aromatic rings. The fourth-order valence-electron chi connectivity index (χ4n) is 1.57. The molecule has 0 fully saturated rings. The van der Waals surface area contributed by atoms with E-state index >= 15 is 0 Å². The molecule has 96 valence electrons. The molecule has 1 N–H and O–H groups in total. The predicted octanol–water partition coefficient (Wildman–Crippen LogP) is 3.35. The molecule has 2 aromatic carbocycles. The fourth-order valence-corrected chi connectivity index (χ4v) is 1.57. The molecule has 0 amide bonds. The molecule has 0 saturated heterocycles. The zero-order chi connectivity index (χ0) is 13.7. The monoisotopic (exact) mass is 255 g/mol. The van der Waals surface area contributed by atoms with Gasteiger partial charge in [0.1, 0.15) is 0 Å². The van der Waals surface area contributed by atoms with E-state index in [-0.39, 0.29) is 5.69 Å². The molecule has 0 spiro atoms. The summed E-state index contributed by atoms with van der Waals surface area (Å²) >= 11 is 0. The molecule has 0 aromatic heterocycles. The van der Waals surface area contributed by atoms with Gasteiger partial charge in [-0.25, -0.2) is 0 Å². The lowest BCUT2D eigenvalue weighted by Gasteiger charge is -2.00. The van der Waals surface area contributed by atoms with E-state index in [0.29, 0.717) is 5.56 Å². The number of hydrogen-bond donors (Lipinski definition) is 1. The summed E-state index contributed by atoms with van der Waals surface area (Å²) in [6, 6.07) is 14.2. The van der Waals surface area contributed by atoms with Gasteiger partial charge in [0.05, 0.1) is 22.4 Å². The van der Waals surface area contributed by atoms with Gasteiger partial charge in [0, 0.05) is 6.07 Å². The Hall–Kier alpha value is -2.69. The first kappa shape index (κ1) is 12.8. The first-order chi connectivity index (χ1) is 9.16. The Bertz CT molecular complexity index is 606. The minimum atomic E-state index is -0.423. The zero-order valence-corrected chi connectivity index (χ0v) is 10.4. The van der Waals surface area contributed by atoms with Gasteiger partial charge in [0.2, 0.25) is 0 Å². The van der Waals surface area contributed by atoms with Gasteiger partial charge in [-0.1, -0.05) is 29.8 Å². The van der Waals surface area contributed by atoms with Gasteiger partial charge >= 0.3 is 0 Å². The fraction of sp³-hybridized carbons (Fsp3) is 0.0714. The number of anilines is 1. The molecule has 0 atom stereocenters. The van der Waals surface area contributed by atoms with Crippen LogP contribution in [0.4, 0.5) is 11.4 Å². The number of hydrogen-bond acceptors (Lipinski definition) is 4. The molecule has 0 aliphatic carbocycles. The van der Waals surface area contributed by atoms with Crippen LogP contribution < -0.4 is 5.43 Å². The molecule has 19 heavy (non-hydrogen) atoms. The van der Waals surface area contributed by atoms with Crippen molar-refractivity contribution in [3.05, 3.63) is 69.8 Å². The summed E-state index contributed by atoms with van der Waals surface area (Å²) in [5, 5.41) is 14.8. The maximum absolute atomic E-state index is 10.8. The number of para-hydroxylation sites is 1. The summed E-state index contributed by atoms with van der Waals surface area (Å²) < 4.78 is 0. The Balaban J connectivity index is 2.11. The van der Waals surface area contributed by atoms with Crippen LogP contribution in [0.3, 0.4) is 0 Å². The molecule has 0 radical (unpaired) electrons. The van der Waals surface area contributed by atoms with Crippen LogP contribution in [0.2, 0.25) is 0 Å². The number of hydrazone groups is 1. The van der Waals surface area contributed by atoms with E-state index in [1.807, 2.05) is 31.2 Å². The van der Waals surface area contributed by atoms with Crippen LogP contribution in [0.5, 0.6) is 0 Å². The number of rotatable bonds is 4. The Morgan fingerprint density at radius 2 is 1.84 bits per heavy atom. The summed E-state index contributed by atoms with van der Waals surface area (Å²) in [5.41, 5.74) is 5.33. The highest BCUT2D eigenvalue weighted by Crippen LogP contribution is 2.15. The summed E-state index contributed by atoms with van der Waals surface area (Å²) in [4.78, 5) is 10.4. The molecule has 0 aliphatic heterocycles. The maximum atomic E-state index is 10.8. The molecule has 0 heterocycles. The molecule has 0 unspecified atom stereocenters. The van der Waals surface area contributed by atoms with Crippen LogP contribution in [0.1, 0.15) is 11.1 Å². The van der Waals surface area contributed by atoms with E-state index in [1.165, 1.54) is 12.3 Å². The van der Waals surface area contributed by atoms with Crippen molar-refractivity contribution in [1.29, 1.82) is 0 Å². The first-order valence-electron chi connectivity index (χ1n) is 5.76. The topological polar surface area (TPSA) is 67.5 Å². The van der Waals surface area contributed by atoms with Crippen molar-refractivity contribution in [1.82, 2.24) is 0 Å². The van der Waals surface area contributed by atoms with Gasteiger partial charge in [-0.2, -0.15) is 5.10 Å². The van der Waals surface area contributed by atoms with Crippen molar-refractivity contribution >= 4 is 17.6 Å². The van der Waals surface area contributed by atoms with Crippen LogP contribution in [0.25, 0.3) is 0 Å². The lowest BCUT2D eigenvalue weighted by Crippen LogP contribution is -1.96. The molecule has 0 aliphatic rings. The van der Waals surface area contributed by atoms with E-state index in [0.717, 1.165) is 11.3 Å². The first-order valence-corrected chi connectivity index (χ1v) is 5.76. The molecular weight excluding hydrogens is 242 g/mol. The number of benzene rings is 2. The molecule has 0 bridgehead atoms. The summed E-state index contributed by atoms with van der Waals surface area (Å²) in [7, 11) is 0. The van der Waals surface area contributed by atoms with Crippen molar-refractivity contribution in [2.45, 2.75) is 6.92 Å². The predicted molar refractivity (Wildman–Crippen MR) is 75.5 cm³/mol. The van der Waals surface area contributed by atoms with Crippen molar-refractivity contribution in [2.75, 3.05) is 5.43 Å². The number of nitro groups is 1. The summed E-state index contributed by atoms with van der Waals surface area (Å²) in [5.74, 6) is 0. The van der Waals surface area contributed by atoms with Crippen molar-refractivity contribution in [3.8, 4) is 0 Å². The van der Waals surface area contributed by atoms with Crippen LogP contribution in [0, 0.1) is 17.0 Å². The van der Waals surface area contributed by atoms with E-state index in [1.54, 1.807) is 18.2 Å². The third-order valence-electron chi connectivity index (χ3n) is 2.58. The Labute approximate surface area is 110 Å². The highest BCUT2D eigenvalue weighted by atomic mass is 16.6. The van der Waals surface area contributed by atoms with Crippen LogP contribution in [-0.4, -0.2) is 11.1 Å². The van der Waals surface area contributed by atoms with E-state index in [9.17, 15) is 10.1 Å². The third kappa shape index (κ3) is 3.38. The minimum Gasteiger partial charge on any atom is -0.279 e. The van der Waals surface area contributed by atoms with Gasteiger partial charge in [0.25, 0.3) is 5.69 Å². The standard InChI is InChI=1S/C14H13N3O2/c1-11-6-8-13(9-7-11)16-15-10-12-4-2-3-5-14(12)17(18)19/h2-10,16H,1H3/b15-10-. The number of nitrogens with one attached hydrogen (secondary N) is 1. The SMILES string of the molecule is Cc1ccc(N/N=C\c2ccccc2[N+](=O)[O-])cc1.